The van der Waals surface area contributed by atoms with Gasteiger partial charge in [0.25, 0.3) is 0 Å². The Balaban J connectivity index is 1.45. The zero-order valence-corrected chi connectivity index (χ0v) is 17.4. The molecule has 0 saturated carbocycles. The van der Waals surface area contributed by atoms with Crippen LogP contribution in [0.3, 0.4) is 0 Å². The number of hydrogen-bond acceptors (Lipinski definition) is 6. The average molecular weight is 433 g/mol. The van der Waals surface area contributed by atoms with Crippen LogP contribution in [0.1, 0.15) is 13.3 Å². The maximum atomic E-state index is 13.1. The molecule has 0 unspecified atom stereocenters. The molecule has 0 aliphatic carbocycles. The third-order valence-corrected chi connectivity index (χ3v) is 7.71. The molecule has 2 fully saturated rings. The van der Waals surface area contributed by atoms with Crippen LogP contribution >= 0.6 is 11.3 Å². The van der Waals surface area contributed by atoms with Gasteiger partial charge in [0.1, 0.15) is 0 Å². The number of thiophene rings is 1. The van der Waals surface area contributed by atoms with Crippen molar-refractivity contribution >= 4 is 44.2 Å². The molecule has 10 heteroatoms. The van der Waals surface area contributed by atoms with Crippen molar-refractivity contribution in [1.82, 2.24) is 14.8 Å². The fourth-order valence-corrected chi connectivity index (χ4v) is 5.69. The van der Waals surface area contributed by atoms with Gasteiger partial charge in [-0.15, -0.1) is 0 Å². The molecule has 5 rings (SSSR count). The van der Waals surface area contributed by atoms with Crippen LogP contribution in [0.2, 0.25) is 0 Å². The number of aromatic nitrogens is 1. The van der Waals surface area contributed by atoms with E-state index < -0.39 is 10.0 Å². The van der Waals surface area contributed by atoms with E-state index in [4.69, 9.17) is 4.52 Å². The van der Waals surface area contributed by atoms with E-state index >= 15 is 0 Å². The molecule has 1 aromatic carbocycles. The summed E-state index contributed by atoms with van der Waals surface area (Å²) < 4.78 is 31.9. The summed E-state index contributed by atoms with van der Waals surface area (Å²) in [6, 6.07) is 7.34. The Morgan fingerprint density at radius 2 is 2.17 bits per heavy atom. The van der Waals surface area contributed by atoms with Crippen molar-refractivity contribution in [1.29, 1.82) is 0 Å². The minimum absolute atomic E-state index is 0.0323. The molecule has 29 heavy (non-hydrogen) atoms. The Bertz CT molecular complexity index is 1170. The number of urea groups is 1. The highest BCUT2D eigenvalue weighted by Gasteiger charge is 2.46. The molecule has 2 amide bonds. The number of amides is 2. The van der Waals surface area contributed by atoms with Crippen LogP contribution in [0, 0.1) is 0 Å². The number of fused-ring (bicyclic) bond motifs is 2. The van der Waals surface area contributed by atoms with Crippen molar-refractivity contribution in [3.8, 4) is 11.1 Å². The largest absolute Gasteiger partial charge is 0.354 e. The Morgan fingerprint density at radius 1 is 1.31 bits per heavy atom. The van der Waals surface area contributed by atoms with E-state index in [0.717, 1.165) is 16.5 Å². The lowest BCUT2D eigenvalue weighted by atomic mass is 10.0. The van der Waals surface area contributed by atoms with Gasteiger partial charge in [0.2, 0.25) is 10.0 Å². The molecule has 152 valence electrons. The van der Waals surface area contributed by atoms with E-state index in [2.05, 4.69) is 15.3 Å². The number of sulfonamides is 1. The topological polar surface area (TPSA) is 95.7 Å². The Morgan fingerprint density at radius 3 is 2.90 bits per heavy atom. The summed E-state index contributed by atoms with van der Waals surface area (Å²) in [4.78, 5) is 16.5. The molecule has 0 radical (unpaired) electrons. The summed E-state index contributed by atoms with van der Waals surface area (Å²) in [5, 5.41) is 9.10. The predicted molar refractivity (Wildman–Crippen MR) is 112 cm³/mol. The van der Waals surface area contributed by atoms with Gasteiger partial charge in [0.15, 0.2) is 11.4 Å². The number of benzene rings is 1. The minimum Gasteiger partial charge on any atom is -0.354 e. The molecule has 4 heterocycles. The summed E-state index contributed by atoms with van der Waals surface area (Å²) in [5.74, 6) is 0.553. The zero-order chi connectivity index (χ0) is 20.2. The molecule has 0 bridgehead atoms. The standard InChI is InChI=1S/C19H20N4O4S2/c1-2-29(25,26)21-13-8-14-10-23(19(24)22(14)9-13)18-17-15(12-6-7-28-11-12)4-3-5-16(17)27-20-18/h3-7,11,13-14,21H,2,8-10H2,1H3/t13-,14-/m0/s1. The molecule has 0 spiro atoms. The molecular weight excluding hydrogens is 412 g/mol. The molecule has 2 aliphatic heterocycles. The lowest BCUT2D eigenvalue weighted by Crippen LogP contribution is -2.41. The summed E-state index contributed by atoms with van der Waals surface area (Å²) in [5.41, 5.74) is 2.68. The molecule has 1 N–H and O–H groups in total. The number of nitrogens with zero attached hydrogens (tertiary/aromatic N) is 3. The van der Waals surface area contributed by atoms with Gasteiger partial charge < -0.3 is 9.42 Å². The molecule has 2 aromatic heterocycles. The summed E-state index contributed by atoms with van der Waals surface area (Å²) in [6.07, 6.45) is 0.592. The fraction of sp³-hybridized carbons (Fsp3) is 0.368. The Hall–Kier alpha value is -2.43. The zero-order valence-electron chi connectivity index (χ0n) is 15.7. The number of carbonyl (C=O) groups excluding carboxylic acids is 1. The number of nitrogens with one attached hydrogen (secondary N) is 1. The first-order valence-corrected chi connectivity index (χ1v) is 12.1. The summed E-state index contributed by atoms with van der Waals surface area (Å²) in [7, 11) is -3.30. The van der Waals surface area contributed by atoms with Crippen LogP contribution in [0.5, 0.6) is 0 Å². The third kappa shape index (κ3) is 3.11. The predicted octanol–water partition coefficient (Wildman–Crippen LogP) is 2.88. The first kappa shape index (κ1) is 18.6. The first-order valence-electron chi connectivity index (χ1n) is 9.46. The highest BCUT2D eigenvalue weighted by Crippen LogP contribution is 2.39. The highest BCUT2D eigenvalue weighted by molar-refractivity contribution is 7.89. The molecular formula is C19H20N4O4S2. The van der Waals surface area contributed by atoms with Gasteiger partial charge in [-0.05, 0) is 47.4 Å². The molecule has 8 nitrogen and oxygen atoms in total. The number of anilines is 1. The normalized spacial score (nSPS) is 22.0. The lowest BCUT2D eigenvalue weighted by Gasteiger charge is -2.18. The van der Waals surface area contributed by atoms with Gasteiger partial charge in [-0.1, -0.05) is 17.3 Å². The maximum Gasteiger partial charge on any atom is 0.326 e. The smallest absolute Gasteiger partial charge is 0.326 e. The summed E-state index contributed by atoms with van der Waals surface area (Å²) >= 11 is 1.61. The van der Waals surface area contributed by atoms with Crippen LogP contribution in [-0.4, -0.2) is 55.4 Å². The van der Waals surface area contributed by atoms with Crippen LogP contribution in [0.15, 0.2) is 39.5 Å². The van der Waals surface area contributed by atoms with Crippen LogP contribution in [-0.2, 0) is 10.0 Å². The lowest BCUT2D eigenvalue weighted by molar-refractivity contribution is 0.218. The highest BCUT2D eigenvalue weighted by atomic mass is 32.2. The van der Waals surface area contributed by atoms with Crippen molar-refractivity contribution in [2.24, 2.45) is 0 Å². The number of hydrogen-bond donors (Lipinski definition) is 1. The fourth-order valence-electron chi connectivity index (χ4n) is 4.19. The molecule has 2 atom stereocenters. The van der Waals surface area contributed by atoms with Crippen molar-refractivity contribution in [2.45, 2.75) is 25.4 Å². The van der Waals surface area contributed by atoms with Crippen molar-refractivity contribution < 1.29 is 17.7 Å². The average Bonchev–Trinajstić information content (AvgIpc) is 3.47. The van der Waals surface area contributed by atoms with Gasteiger partial charge in [0.05, 0.1) is 17.2 Å². The Labute approximate surface area is 172 Å². The van der Waals surface area contributed by atoms with Crippen LogP contribution < -0.4 is 9.62 Å². The van der Waals surface area contributed by atoms with E-state index in [0.29, 0.717) is 30.9 Å². The Kier molecular flexibility index (Phi) is 4.37. The second-order valence-corrected chi connectivity index (χ2v) is 10.2. The van der Waals surface area contributed by atoms with E-state index in [1.807, 2.05) is 29.6 Å². The molecule has 3 aromatic rings. The first-order chi connectivity index (χ1) is 14.0. The SMILES string of the molecule is CCS(=O)(=O)N[C@H]1C[C@H]2CN(c3noc4cccc(-c5ccsc5)c34)C(=O)N2C1. The van der Waals surface area contributed by atoms with E-state index in [1.54, 1.807) is 28.1 Å². The third-order valence-electron chi connectivity index (χ3n) is 5.58. The van der Waals surface area contributed by atoms with Gasteiger partial charge in [-0.2, -0.15) is 11.3 Å². The second kappa shape index (κ2) is 6.82. The van der Waals surface area contributed by atoms with Crippen LogP contribution in [0.4, 0.5) is 10.6 Å². The van der Waals surface area contributed by atoms with Crippen molar-refractivity contribution in [3.05, 3.63) is 35.0 Å². The molecule has 2 saturated heterocycles. The van der Waals surface area contributed by atoms with Gasteiger partial charge >= 0.3 is 6.03 Å². The van der Waals surface area contributed by atoms with E-state index in [9.17, 15) is 13.2 Å². The quantitative estimate of drug-likeness (QED) is 0.669. The number of carbonyl (C=O) groups is 1. The van der Waals surface area contributed by atoms with Crippen LogP contribution in [0.25, 0.3) is 22.1 Å². The monoisotopic (exact) mass is 432 g/mol. The summed E-state index contributed by atoms with van der Waals surface area (Å²) in [6.45, 7) is 2.43. The number of rotatable bonds is 5. The maximum absolute atomic E-state index is 13.1. The van der Waals surface area contributed by atoms with Crippen molar-refractivity contribution in [3.63, 3.8) is 0 Å². The van der Waals surface area contributed by atoms with Crippen molar-refractivity contribution in [2.75, 3.05) is 23.7 Å². The van der Waals surface area contributed by atoms with Gasteiger partial charge in [0, 0.05) is 19.1 Å². The molecule has 2 aliphatic rings. The van der Waals surface area contributed by atoms with E-state index in [1.165, 1.54) is 0 Å². The second-order valence-electron chi connectivity index (χ2n) is 7.35. The van der Waals surface area contributed by atoms with Gasteiger partial charge in [-0.25, -0.2) is 17.9 Å². The van der Waals surface area contributed by atoms with E-state index in [-0.39, 0.29) is 23.9 Å². The van der Waals surface area contributed by atoms with Gasteiger partial charge in [-0.3, -0.25) is 4.90 Å². The minimum atomic E-state index is -3.30.